The van der Waals surface area contributed by atoms with Gasteiger partial charge in [-0.2, -0.15) is 0 Å². The molecular weight excluding hydrogens is 404 g/mol. The summed E-state index contributed by atoms with van der Waals surface area (Å²) in [6.07, 6.45) is 0.852. The van der Waals surface area contributed by atoms with Gasteiger partial charge in [0.15, 0.2) is 11.5 Å². The molecule has 0 saturated carbocycles. The maximum absolute atomic E-state index is 12.9. The number of carbonyl (C=O) groups is 2. The molecule has 0 spiro atoms. The number of thiophene rings is 1. The summed E-state index contributed by atoms with van der Waals surface area (Å²) in [5.74, 6) is 0.929. The second-order valence-corrected chi connectivity index (χ2v) is 8.10. The van der Waals surface area contributed by atoms with Gasteiger partial charge in [-0.1, -0.05) is 13.0 Å². The first-order valence-electron chi connectivity index (χ1n) is 9.94. The smallest absolute Gasteiger partial charge is 0.263 e. The van der Waals surface area contributed by atoms with Crippen LogP contribution in [0.25, 0.3) is 0 Å². The van der Waals surface area contributed by atoms with Gasteiger partial charge in [-0.25, -0.2) is 0 Å². The van der Waals surface area contributed by atoms with E-state index in [4.69, 9.17) is 14.2 Å². The molecule has 1 fully saturated rings. The van der Waals surface area contributed by atoms with Gasteiger partial charge >= 0.3 is 0 Å². The molecule has 1 aliphatic rings. The van der Waals surface area contributed by atoms with Crippen LogP contribution in [0.3, 0.4) is 0 Å². The number of likely N-dealkylation sites (tertiary alicyclic amines) is 1. The molecule has 2 unspecified atom stereocenters. The molecular formula is C22H28N2O5S. The van der Waals surface area contributed by atoms with Crippen LogP contribution in [0.2, 0.25) is 0 Å². The Labute approximate surface area is 180 Å². The Hall–Kier alpha value is -2.74. The third-order valence-electron chi connectivity index (χ3n) is 5.34. The number of ether oxygens (including phenoxy) is 3. The van der Waals surface area contributed by atoms with Crippen LogP contribution in [0.5, 0.6) is 17.2 Å². The Morgan fingerprint density at radius 3 is 2.37 bits per heavy atom. The molecule has 7 nitrogen and oxygen atoms in total. The summed E-state index contributed by atoms with van der Waals surface area (Å²) >= 11 is 1.41. The average molecular weight is 433 g/mol. The Bertz CT molecular complexity index is 859. The predicted octanol–water partition coefficient (Wildman–Crippen LogP) is 3.16. The normalized spacial score (nSPS) is 18.2. The quantitative estimate of drug-likeness (QED) is 0.693. The first kappa shape index (κ1) is 22.0. The highest BCUT2D eigenvalue weighted by Gasteiger charge is 2.41. The summed E-state index contributed by atoms with van der Waals surface area (Å²) in [5.41, 5.74) is 0.877. The van der Waals surface area contributed by atoms with E-state index in [0.29, 0.717) is 41.8 Å². The van der Waals surface area contributed by atoms with Crippen LogP contribution in [-0.4, -0.2) is 57.7 Å². The van der Waals surface area contributed by atoms with Gasteiger partial charge in [0.05, 0.1) is 32.1 Å². The molecule has 30 heavy (non-hydrogen) atoms. The predicted molar refractivity (Wildman–Crippen MR) is 116 cm³/mol. The van der Waals surface area contributed by atoms with Crippen LogP contribution < -0.4 is 19.5 Å². The molecule has 1 aromatic carbocycles. The number of rotatable bonds is 8. The fourth-order valence-corrected chi connectivity index (χ4v) is 4.51. The van der Waals surface area contributed by atoms with Crippen molar-refractivity contribution in [2.45, 2.75) is 19.3 Å². The number of methoxy groups -OCH3 is 3. The topological polar surface area (TPSA) is 77.1 Å². The van der Waals surface area contributed by atoms with Crippen LogP contribution in [0, 0.1) is 5.92 Å². The van der Waals surface area contributed by atoms with Gasteiger partial charge in [-0.05, 0) is 35.6 Å². The summed E-state index contributed by atoms with van der Waals surface area (Å²) in [7, 11) is 4.68. The Morgan fingerprint density at radius 2 is 1.83 bits per heavy atom. The Balaban J connectivity index is 1.96. The maximum atomic E-state index is 12.9. The number of hydrogen-bond donors (Lipinski definition) is 1. The molecule has 2 atom stereocenters. The number of nitrogens with zero attached hydrogens (tertiary/aromatic N) is 1. The number of hydrogen-bond acceptors (Lipinski definition) is 6. The van der Waals surface area contributed by atoms with Gasteiger partial charge in [0.25, 0.3) is 5.91 Å². The fourth-order valence-electron chi connectivity index (χ4n) is 3.82. The fraction of sp³-hybridized carbons (Fsp3) is 0.455. The van der Waals surface area contributed by atoms with Crippen molar-refractivity contribution in [2.75, 3.05) is 41.0 Å². The van der Waals surface area contributed by atoms with E-state index in [-0.39, 0.29) is 23.7 Å². The van der Waals surface area contributed by atoms with Crippen molar-refractivity contribution in [3.8, 4) is 17.2 Å². The van der Waals surface area contributed by atoms with Crippen LogP contribution in [0.1, 0.15) is 34.5 Å². The molecule has 2 heterocycles. The summed E-state index contributed by atoms with van der Waals surface area (Å²) in [6, 6.07) is 7.40. The van der Waals surface area contributed by atoms with Crippen molar-refractivity contribution in [3.63, 3.8) is 0 Å². The molecule has 1 aromatic heterocycles. The van der Waals surface area contributed by atoms with Crippen LogP contribution >= 0.6 is 11.3 Å². The van der Waals surface area contributed by atoms with E-state index in [9.17, 15) is 9.59 Å². The zero-order valence-electron chi connectivity index (χ0n) is 17.8. The van der Waals surface area contributed by atoms with Crippen molar-refractivity contribution >= 4 is 23.2 Å². The molecule has 8 heteroatoms. The molecule has 162 valence electrons. The molecule has 2 aromatic rings. The molecule has 1 N–H and O–H groups in total. The molecule has 0 aliphatic carbocycles. The van der Waals surface area contributed by atoms with E-state index < -0.39 is 0 Å². The first-order valence-corrected chi connectivity index (χ1v) is 10.8. The molecule has 2 amide bonds. The summed E-state index contributed by atoms with van der Waals surface area (Å²) < 4.78 is 16.4. The number of amides is 2. The minimum absolute atomic E-state index is 0.0444. The third kappa shape index (κ3) is 4.38. The zero-order chi connectivity index (χ0) is 21.7. The zero-order valence-corrected chi connectivity index (χ0v) is 18.6. The molecule has 1 aliphatic heterocycles. The van der Waals surface area contributed by atoms with Gasteiger partial charge in [0.2, 0.25) is 11.7 Å². The lowest BCUT2D eigenvalue weighted by molar-refractivity contribution is -0.124. The summed E-state index contributed by atoms with van der Waals surface area (Å²) in [5, 5.41) is 4.87. The molecule has 3 rings (SSSR count). The van der Waals surface area contributed by atoms with Crippen molar-refractivity contribution in [3.05, 3.63) is 40.1 Å². The van der Waals surface area contributed by atoms with Gasteiger partial charge in [0.1, 0.15) is 0 Å². The molecule has 0 bridgehead atoms. The van der Waals surface area contributed by atoms with Crippen LogP contribution in [-0.2, 0) is 4.79 Å². The highest BCUT2D eigenvalue weighted by atomic mass is 32.1. The van der Waals surface area contributed by atoms with Gasteiger partial charge in [-0.3, -0.25) is 9.59 Å². The number of benzene rings is 1. The van der Waals surface area contributed by atoms with Gasteiger partial charge in [-0.15, -0.1) is 11.3 Å². The van der Waals surface area contributed by atoms with Crippen LogP contribution in [0.15, 0.2) is 29.6 Å². The lowest BCUT2D eigenvalue weighted by atomic mass is 9.88. The lowest BCUT2D eigenvalue weighted by Crippen LogP contribution is -2.35. The minimum Gasteiger partial charge on any atom is -0.493 e. The summed E-state index contributed by atoms with van der Waals surface area (Å²) in [4.78, 5) is 28.3. The monoisotopic (exact) mass is 432 g/mol. The lowest BCUT2D eigenvalue weighted by Gasteiger charge is -2.21. The minimum atomic E-state index is -0.358. The van der Waals surface area contributed by atoms with E-state index in [2.05, 4.69) is 5.32 Å². The molecule has 0 radical (unpaired) electrons. The van der Waals surface area contributed by atoms with E-state index in [1.54, 1.807) is 26.2 Å². The van der Waals surface area contributed by atoms with E-state index in [0.717, 1.165) is 12.0 Å². The van der Waals surface area contributed by atoms with E-state index >= 15 is 0 Å². The SMILES string of the molecule is CCCNC(=O)C1CN(C(=O)c2cccs2)CC1c1cc(OC)c(OC)c(OC)c1. The Morgan fingerprint density at radius 1 is 1.13 bits per heavy atom. The van der Waals surface area contributed by atoms with Crippen molar-refractivity contribution in [1.82, 2.24) is 10.2 Å². The average Bonchev–Trinajstić information content (AvgIpc) is 3.46. The largest absolute Gasteiger partial charge is 0.493 e. The van der Waals surface area contributed by atoms with Crippen molar-refractivity contribution < 1.29 is 23.8 Å². The van der Waals surface area contributed by atoms with Crippen molar-refractivity contribution in [1.29, 1.82) is 0 Å². The number of carbonyl (C=O) groups excluding carboxylic acids is 2. The van der Waals surface area contributed by atoms with E-state index in [1.165, 1.54) is 11.3 Å². The third-order valence-corrected chi connectivity index (χ3v) is 6.20. The second-order valence-electron chi connectivity index (χ2n) is 7.15. The highest BCUT2D eigenvalue weighted by Crippen LogP contribution is 2.43. The van der Waals surface area contributed by atoms with Gasteiger partial charge < -0.3 is 24.4 Å². The van der Waals surface area contributed by atoms with Crippen LogP contribution in [0.4, 0.5) is 0 Å². The van der Waals surface area contributed by atoms with Crippen molar-refractivity contribution in [2.24, 2.45) is 5.92 Å². The highest BCUT2D eigenvalue weighted by molar-refractivity contribution is 7.12. The first-order chi connectivity index (χ1) is 14.5. The second kappa shape index (κ2) is 9.84. The maximum Gasteiger partial charge on any atom is 0.263 e. The molecule has 1 saturated heterocycles. The Kier molecular flexibility index (Phi) is 7.20. The standard InChI is InChI=1S/C22H28N2O5S/c1-5-8-23-21(25)16-13-24(22(26)19-7-6-9-30-19)12-15(16)14-10-17(27-2)20(29-4)18(11-14)28-3/h6-7,9-11,15-16H,5,8,12-13H2,1-4H3,(H,23,25). The number of nitrogens with one attached hydrogen (secondary N) is 1. The van der Waals surface area contributed by atoms with Gasteiger partial charge in [0, 0.05) is 25.6 Å². The van der Waals surface area contributed by atoms with E-state index in [1.807, 2.05) is 36.6 Å². The summed E-state index contributed by atoms with van der Waals surface area (Å²) in [6.45, 7) is 3.43.